The molecule has 1 aromatic heterocycles. The zero-order valence-corrected chi connectivity index (χ0v) is 8.69. The molecular formula is C8H6F6N2O2. The number of aryl methyl sites for hydroxylation is 1. The summed E-state index contributed by atoms with van der Waals surface area (Å²) < 4.78 is 78.5. The van der Waals surface area contributed by atoms with Crippen LogP contribution in [0.15, 0.2) is 10.6 Å². The molecule has 0 radical (unpaired) electrons. The van der Waals surface area contributed by atoms with Gasteiger partial charge in [-0.25, -0.2) is 8.78 Å². The van der Waals surface area contributed by atoms with Gasteiger partial charge in [-0.15, -0.1) is 0 Å². The number of amides is 1. The van der Waals surface area contributed by atoms with Gasteiger partial charge in [0.05, 0.1) is 0 Å². The Morgan fingerprint density at radius 2 is 1.94 bits per heavy atom. The molecular weight excluding hydrogens is 270 g/mol. The van der Waals surface area contributed by atoms with E-state index in [4.69, 9.17) is 0 Å². The summed E-state index contributed by atoms with van der Waals surface area (Å²) >= 11 is 0. The summed E-state index contributed by atoms with van der Waals surface area (Å²) in [6.45, 7) is 1.34. The highest BCUT2D eigenvalue weighted by Gasteiger charge is 2.67. The minimum Gasteiger partial charge on any atom is -0.360 e. The first-order valence-corrected chi connectivity index (χ1v) is 4.37. The molecule has 0 atom stereocenters. The molecule has 1 N–H and O–H groups in total. The van der Waals surface area contributed by atoms with E-state index in [2.05, 4.69) is 9.68 Å². The van der Waals surface area contributed by atoms with E-state index in [0.29, 0.717) is 0 Å². The first-order chi connectivity index (χ1) is 8.09. The zero-order chi connectivity index (χ0) is 14.1. The normalized spacial score (nSPS) is 12.9. The number of carbonyl (C=O) groups is 1. The summed E-state index contributed by atoms with van der Waals surface area (Å²) in [5, 5.41) is 4.28. The minimum atomic E-state index is -5.78. The summed E-state index contributed by atoms with van der Waals surface area (Å²) in [6, 6.07) is 0.953. The zero-order valence-electron chi connectivity index (χ0n) is 8.69. The van der Waals surface area contributed by atoms with Crippen molar-refractivity contribution in [2.24, 2.45) is 0 Å². The number of halogens is 6. The number of rotatable bonds is 4. The molecule has 1 amide bonds. The predicted octanol–water partition coefficient (Wildman–Crippen LogP) is 2.46. The maximum atomic E-state index is 12.8. The number of nitrogens with one attached hydrogen (secondary N) is 1. The Balaban J connectivity index is 2.89. The molecule has 18 heavy (non-hydrogen) atoms. The fourth-order valence-corrected chi connectivity index (χ4v) is 0.909. The van der Waals surface area contributed by atoms with Crippen molar-refractivity contribution < 1.29 is 35.7 Å². The van der Waals surface area contributed by atoms with Crippen molar-refractivity contribution >= 4 is 11.7 Å². The minimum absolute atomic E-state index is 0.106. The van der Waals surface area contributed by atoms with Crippen molar-refractivity contribution in [1.82, 2.24) is 5.16 Å². The first kappa shape index (κ1) is 14.3. The molecule has 0 bridgehead atoms. The van der Waals surface area contributed by atoms with Gasteiger partial charge in [-0.1, -0.05) is 5.16 Å². The van der Waals surface area contributed by atoms with Crippen LogP contribution in [0.25, 0.3) is 0 Å². The topological polar surface area (TPSA) is 55.1 Å². The second-order valence-corrected chi connectivity index (χ2v) is 3.27. The molecule has 0 aromatic carbocycles. The van der Waals surface area contributed by atoms with Crippen LogP contribution < -0.4 is 5.32 Å². The molecule has 1 aromatic rings. The summed E-state index contributed by atoms with van der Waals surface area (Å²) in [7, 11) is 0. The van der Waals surface area contributed by atoms with Gasteiger partial charge in [-0.2, -0.15) is 17.6 Å². The van der Waals surface area contributed by atoms with E-state index in [0.717, 1.165) is 6.07 Å². The standard InChI is InChI=1S/C8H6F6N2O2/c1-3-2-4(16-18-3)15-6(17)8(13,14)7(11,12)5(9)10/h2,5H,1H3,(H,15,16,17). The Labute approximate surface area is 95.9 Å². The maximum absolute atomic E-state index is 12.8. The first-order valence-electron chi connectivity index (χ1n) is 4.37. The van der Waals surface area contributed by atoms with Gasteiger partial charge in [0.2, 0.25) is 0 Å². The van der Waals surface area contributed by atoms with E-state index >= 15 is 0 Å². The van der Waals surface area contributed by atoms with Crippen molar-refractivity contribution in [2.45, 2.75) is 25.2 Å². The predicted molar refractivity (Wildman–Crippen MR) is 45.8 cm³/mol. The fourth-order valence-electron chi connectivity index (χ4n) is 0.909. The average molecular weight is 276 g/mol. The SMILES string of the molecule is Cc1cc(NC(=O)C(F)(F)C(F)(F)C(F)F)no1. The van der Waals surface area contributed by atoms with Crippen LogP contribution in [0, 0.1) is 6.92 Å². The third-order valence-corrected chi connectivity index (χ3v) is 1.85. The van der Waals surface area contributed by atoms with E-state index < -0.39 is 30.0 Å². The van der Waals surface area contributed by atoms with Crippen LogP contribution in [-0.2, 0) is 4.79 Å². The van der Waals surface area contributed by atoms with Crippen molar-refractivity contribution in [2.75, 3.05) is 5.32 Å². The molecule has 0 saturated carbocycles. The highest BCUT2D eigenvalue weighted by Crippen LogP contribution is 2.39. The number of carbonyl (C=O) groups excluding carboxylic acids is 1. The van der Waals surface area contributed by atoms with E-state index in [1.165, 1.54) is 12.2 Å². The van der Waals surface area contributed by atoms with Crippen molar-refractivity contribution in [3.8, 4) is 0 Å². The number of aromatic nitrogens is 1. The molecule has 4 nitrogen and oxygen atoms in total. The van der Waals surface area contributed by atoms with Crippen LogP contribution in [0.5, 0.6) is 0 Å². The van der Waals surface area contributed by atoms with Gasteiger partial charge in [0.1, 0.15) is 5.76 Å². The van der Waals surface area contributed by atoms with E-state index in [1.54, 1.807) is 0 Å². The Bertz CT molecular complexity index is 445. The van der Waals surface area contributed by atoms with Gasteiger partial charge < -0.3 is 9.84 Å². The molecule has 0 saturated heterocycles. The smallest absolute Gasteiger partial charge is 0.360 e. The quantitative estimate of drug-likeness (QED) is 0.859. The lowest BCUT2D eigenvalue weighted by Crippen LogP contribution is -2.53. The highest BCUT2D eigenvalue weighted by atomic mass is 19.3. The highest BCUT2D eigenvalue weighted by molar-refractivity contribution is 5.96. The lowest BCUT2D eigenvalue weighted by atomic mass is 10.1. The number of nitrogens with zero attached hydrogens (tertiary/aromatic N) is 1. The summed E-state index contributed by atoms with van der Waals surface area (Å²) in [6.07, 6.45) is -4.68. The van der Waals surface area contributed by atoms with Gasteiger partial charge in [-0.3, -0.25) is 4.79 Å². The lowest BCUT2D eigenvalue weighted by Gasteiger charge is -2.23. The largest absolute Gasteiger partial charge is 0.392 e. The molecule has 0 aliphatic rings. The fraction of sp³-hybridized carbons (Fsp3) is 0.500. The molecule has 1 heterocycles. The molecule has 0 spiro atoms. The van der Waals surface area contributed by atoms with Crippen LogP contribution >= 0.6 is 0 Å². The second-order valence-electron chi connectivity index (χ2n) is 3.27. The molecule has 0 fully saturated rings. The van der Waals surface area contributed by atoms with E-state index in [1.807, 2.05) is 0 Å². The monoisotopic (exact) mass is 276 g/mol. The Hall–Kier alpha value is -1.74. The third kappa shape index (κ3) is 2.41. The number of alkyl halides is 6. The Kier molecular flexibility index (Phi) is 3.58. The van der Waals surface area contributed by atoms with Crippen LogP contribution in [0.4, 0.5) is 32.2 Å². The van der Waals surface area contributed by atoms with Crippen molar-refractivity contribution in [3.63, 3.8) is 0 Å². The second kappa shape index (κ2) is 4.50. The summed E-state index contributed by atoms with van der Waals surface area (Å²) in [4.78, 5) is 10.8. The van der Waals surface area contributed by atoms with Crippen LogP contribution in [0.1, 0.15) is 5.76 Å². The van der Waals surface area contributed by atoms with E-state index in [9.17, 15) is 31.1 Å². The third-order valence-electron chi connectivity index (χ3n) is 1.85. The van der Waals surface area contributed by atoms with Crippen LogP contribution in [0.3, 0.4) is 0 Å². The molecule has 0 aliphatic heterocycles. The van der Waals surface area contributed by atoms with Crippen LogP contribution in [-0.4, -0.2) is 29.3 Å². The van der Waals surface area contributed by atoms with Crippen molar-refractivity contribution in [1.29, 1.82) is 0 Å². The van der Waals surface area contributed by atoms with Gasteiger partial charge in [0, 0.05) is 6.07 Å². The Morgan fingerprint density at radius 1 is 1.39 bits per heavy atom. The van der Waals surface area contributed by atoms with E-state index in [-0.39, 0.29) is 5.76 Å². The molecule has 0 aliphatic carbocycles. The molecule has 10 heteroatoms. The van der Waals surface area contributed by atoms with Crippen LogP contribution in [0.2, 0.25) is 0 Å². The number of anilines is 1. The summed E-state index contributed by atoms with van der Waals surface area (Å²) in [5.74, 6) is -14.4. The maximum Gasteiger partial charge on any atom is 0.392 e. The van der Waals surface area contributed by atoms with Crippen molar-refractivity contribution in [3.05, 3.63) is 11.8 Å². The van der Waals surface area contributed by atoms with Gasteiger partial charge in [-0.05, 0) is 6.92 Å². The number of hydrogen-bond donors (Lipinski definition) is 1. The average Bonchev–Trinajstić information content (AvgIpc) is 2.63. The lowest BCUT2D eigenvalue weighted by molar-refractivity contribution is -0.251. The van der Waals surface area contributed by atoms with Gasteiger partial charge in [0.25, 0.3) is 0 Å². The molecule has 1 rings (SSSR count). The van der Waals surface area contributed by atoms with Gasteiger partial charge >= 0.3 is 24.2 Å². The molecule has 102 valence electrons. The summed E-state index contributed by atoms with van der Waals surface area (Å²) in [5.41, 5.74) is 0. The molecule has 0 unspecified atom stereocenters. The number of hydrogen-bond acceptors (Lipinski definition) is 3. The Morgan fingerprint density at radius 3 is 2.33 bits per heavy atom. The van der Waals surface area contributed by atoms with Gasteiger partial charge in [0.15, 0.2) is 5.82 Å².